The number of aliphatic imine (C=N–C) groups is 1. The first-order valence-corrected chi connectivity index (χ1v) is 10.3. The summed E-state index contributed by atoms with van der Waals surface area (Å²) in [7, 11) is 1.81. The minimum Gasteiger partial charge on any atom is -0.355 e. The molecular formula is C21H34IN5O. The minimum atomic E-state index is 0. The third-order valence-electron chi connectivity index (χ3n) is 5.49. The molecule has 2 heterocycles. The molecule has 1 aromatic rings. The van der Waals surface area contributed by atoms with Gasteiger partial charge in [-0.05, 0) is 43.5 Å². The van der Waals surface area contributed by atoms with Gasteiger partial charge in [-0.15, -0.1) is 24.0 Å². The zero-order valence-corrected chi connectivity index (χ0v) is 19.3. The first-order valence-electron chi connectivity index (χ1n) is 10.3. The van der Waals surface area contributed by atoms with Crippen LogP contribution in [0.5, 0.6) is 0 Å². The molecule has 1 amide bonds. The highest BCUT2D eigenvalue weighted by Crippen LogP contribution is 2.17. The average Bonchev–Trinajstić information content (AvgIpc) is 3.11. The maximum Gasteiger partial charge on any atom is 0.222 e. The topological polar surface area (TPSA) is 60.0 Å². The second-order valence-electron chi connectivity index (χ2n) is 7.44. The number of likely N-dealkylation sites (tertiary alicyclic amines) is 2. The summed E-state index contributed by atoms with van der Waals surface area (Å²) in [5.74, 6) is 1.10. The van der Waals surface area contributed by atoms with Gasteiger partial charge in [0.05, 0.1) is 0 Å². The Labute approximate surface area is 186 Å². The van der Waals surface area contributed by atoms with Gasteiger partial charge in [0.15, 0.2) is 5.96 Å². The van der Waals surface area contributed by atoms with Crippen LogP contribution < -0.4 is 10.6 Å². The molecule has 2 fully saturated rings. The molecule has 28 heavy (non-hydrogen) atoms. The molecule has 0 saturated carbocycles. The van der Waals surface area contributed by atoms with Crippen molar-refractivity contribution in [1.82, 2.24) is 20.4 Å². The normalized spacial score (nSPS) is 18.1. The zero-order valence-electron chi connectivity index (χ0n) is 17.0. The third-order valence-corrected chi connectivity index (χ3v) is 5.49. The number of hydrogen-bond acceptors (Lipinski definition) is 3. The van der Waals surface area contributed by atoms with Crippen LogP contribution in [0.3, 0.4) is 0 Å². The number of piperidine rings is 1. The molecule has 0 spiro atoms. The fraction of sp³-hybridized carbons (Fsp3) is 0.619. The highest BCUT2D eigenvalue weighted by Gasteiger charge is 2.20. The Morgan fingerprint density at radius 2 is 1.79 bits per heavy atom. The molecule has 2 aliphatic rings. The van der Waals surface area contributed by atoms with Gasteiger partial charge < -0.3 is 20.4 Å². The van der Waals surface area contributed by atoms with Crippen molar-refractivity contribution in [2.24, 2.45) is 4.99 Å². The van der Waals surface area contributed by atoms with Crippen LogP contribution in [0, 0.1) is 0 Å². The van der Waals surface area contributed by atoms with E-state index in [1.165, 1.54) is 43.5 Å². The number of nitrogens with zero attached hydrogens (tertiary/aromatic N) is 3. The molecule has 2 aliphatic heterocycles. The van der Waals surface area contributed by atoms with Crippen molar-refractivity contribution in [3.8, 4) is 0 Å². The Bertz CT molecular complexity index is 645. The van der Waals surface area contributed by atoms with Crippen molar-refractivity contribution in [2.45, 2.75) is 45.2 Å². The van der Waals surface area contributed by atoms with Crippen molar-refractivity contribution < 1.29 is 4.79 Å². The molecule has 0 radical (unpaired) electrons. The monoisotopic (exact) mass is 499 g/mol. The zero-order chi connectivity index (χ0) is 18.9. The van der Waals surface area contributed by atoms with Crippen molar-refractivity contribution in [3.05, 3.63) is 35.4 Å². The number of hydrogen-bond donors (Lipinski definition) is 2. The van der Waals surface area contributed by atoms with E-state index in [2.05, 4.69) is 38.7 Å². The van der Waals surface area contributed by atoms with Gasteiger partial charge in [0.2, 0.25) is 5.91 Å². The van der Waals surface area contributed by atoms with Crippen LogP contribution in [-0.4, -0.2) is 61.4 Å². The molecule has 6 nitrogen and oxygen atoms in total. The fourth-order valence-corrected chi connectivity index (χ4v) is 3.88. The SMILES string of the molecule is CN=C(NCCN1CCCCC1)NCc1ccccc1CN1CCCC1=O.I. The van der Waals surface area contributed by atoms with E-state index in [4.69, 9.17) is 0 Å². The predicted octanol–water partition coefficient (Wildman–Crippen LogP) is 2.58. The van der Waals surface area contributed by atoms with Gasteiger partial charge in [0.25, 0.3) is 0 Å². The molecule has 0 unspecified atom stereocenters. The molecule has 0 atom stereocenters. The lowest BCUT2D eigenvalue weighted by Crippen LogP contribution is -2.42. The summed E-state index contributed by atoms with van der Waals surface area (Å²) in [6.45, 7) is 6.70. The summed E-state index contributed by atoms with van der Waals surface area (Å²) in [6, 6.07) is 8.35. The lowest BCUT2D eigenvalue weighted by molar-refractivity contribution is -0.128. The lowest BCUT2D eigenvalue weighted by Gasteiger charge is -2.26. The van der Waals surface area contributed by atoms with Crippen molar-refractivity contribution in [1.29, 1.82) is 0 Å². The summed E-state index contributed by atoms with van der Waals surface area (Å²) < 4.78 is 0. The average molecular weight is 499 g/mol. The van der Waals surface area contributed by atoms with Crippen LogP contribution in [-0.2, 0) is 17.9 Å². The van der Waals surface area contributed by atoms with Crippen LogP contribution in [0.15, 0.2) is 29.3 Å². The molecule has 0 aromatic heterocycles. The fourth-order valence-electron chi connectivity index (χ4n) is 3.88. The first kappa shape index (κ1) is 22.9. The molecule has 0 bridgehead atoms. The molecule has 3 rings (SSSR count). The summed E-state index contributed by atoms with van der Waals surface area (Å²) in [5, 5.41) is 6.84. The number of rotatable bonds is 7. The molecule has 0 aliphatic carbocycles. The van der Waals surface area contributed by atoms with Crippen molar-refractivity contribution in [2.75, 3.05) is 39.8 Å². The lowest BCUT2D eigenvalue weighted by atomic mass is 10.1. The van der Waals surface area contributed by atoms with Gasteiger partial charge in [-0.2, -0.15) is 0 Å². The largest absolute Gasteiger partial charge is 0.355 e. The van der Waals surface area contributed by atoms with E-state index in [9.17, 15) is 4.79 Å². The van der Waals surface area contributed by atoms with E-state index < -0.39 is 0 Å². The minimum absolute atomic E-state index is 0. The van der Waals surface area contributed by atoms with E-state index in [0.717, 1.165) is 32.0 Å². The van der Waals surface area contributed by atoms with Crippen LogP contribution >= 0.6 is 24.0 Å². The van der Waals surface area contributed by atoms with Gasteiger partial charge in [-0.1, -0.05) is 30.7 Å². The van der Waals surface area contributed by atoms with E-state index in [1.807, 2.05) is 18.0 Å². The molecule has 2 saturated heterocycles. The second-order valence-corrected chi connectivity index (χ2v) is 7.44. The highest BCUT2D eigenvalue weighted by molar-refractivity contribution is 14.0. The van der Waals surface area contributed by atoms with E-state index >= 15 is 0 Å². The van der Waals surface area contributed by atoms with E-state index in [-0.39, 0.29) is 29.9 Å². The predicted molar refractivity (Wildman–Crippen MR) is 125 cm³/mol. The number of nitrogens with one attached hydrogen (secondary N) is 2. The Balaban J connectivity index is 0.00000280. The van der Waals surface area contributed by atoms with Crippen LogP contribution in [0.4, 0.5) is 0 Å². The smallest absolute Gasteiger partial charge is 0.222 e. The molecule has 7 heteroatoms. The van der Waals surface area contributed by atoms with E-state index in [1.54, 1.807) is 0 Å². The quantitative estimate of drug-likeness (QED) is 0.344. The summed E-state index contributed by atoms with van der Waals surface area (Å²) in [6.07, 6.45) is 5.68. The number of carbonyl (C=O) groups is 1. The van der Waals surface area contributed by atoms with Gasteiger partial charge in [0, 0.05) is 46.2 Å². The van der Waals surface area contributed by atoms with Gasteiger partial charge in [0.1, 0.15) is 0 Å². The Morgan fingerprint density at radius 1 is 1.04 bits per heavy atom. The van der Waals surface area contributed by atoms with Crippen molar-refractivity contribution in [3.63, 3.8) is 0 Å². The summed E-state index contributed by atoms with van der Waals surface area (Å²) >= 11 is 0. The number of guanidine groups is 1. The number of amides is 1. The molecular weight excluding hydrogens is 465 g/mol. The Hall–Kier alpha value is -1.35. The third kappa shape index (κ3) is 6.92. The molecule has 2 N–H and O–H groups in total. The van der Waals surface area contributed by atoms with Gasteiger partial charge in [-0.3, -0.25) is 9.79 Å². The van der Waals surface area contributed by atoms with Crippen LogP contribution in [0.2, 0.25) is 0 Å². The molecule has 156 valence electrons. The molecule has 1 aromatic carbocycles. The van der Waals surface area contributed by atoms with Gasteiger partial charge >= 0.3 is 0 Å². The van der Waals surface area contributed by atoms with Crippen LogP contribution in [0.25, 0.3) is 0 Å². The van der Waals surface area contributed by atoms with Crippen molar-refractivity contribution >= 4 is 35.8 Å². The first-order chi connectivity index (χ1) is 13.3. The Morgan fingerprint density at radius 3 is 2.46 bits per heavy atom. The maximum atomic E-state index is 11.9. The van der Waals surface area contributed by atoms with E-state index in [0.29, 0.717) is 19.5 Å². The number of benzene rings is 1. The number of carbonyl (C=O) groups excluding carboxylic acids is 1. The summed E-state index contributed by atoms with van der Waals surface area (Å²) in [4.78, 5) is 20.8. The highest BCUT2D eigenvalue weighted by atomic mass is 127. The maximum absolute atomic E-state index is 11.9. The summed E-state index contributed by atoms with van der Waals surface area (Å²) in [5.41, 5.74) is 2.43. The van der Waals surface area contributed by atoms with Crippen LogP contribution in [0.1, 0.15) is 43.2 Å². The Kier molecular flexibility index (Phi) is 10.0. The number of halogens is 1. The second kappa shape index (κ2) is 12.3. The van der Waals surface area contributed by atoms with Gasteiger partial charge in [-0.25, -0.2) is 0 Å². The standard InChI is InChI=1S/C21H33N5O.HI/c1-22-21(23-11-15-25-12-5-2-6-13-25)24-16-18-8-3-4-9-19(18)17-26-14-7-10-20(26)27;/h3-4,8-9H,2,5-7,10-17H2,1H3,(H2,22,23,24);1H.